The van der Waals surface area contributed by atoms with Crippen LogP contribution in [-0.2, 0) is 16.0 Å². The third kappa shape index (κ3) is 2.74. The summed E-state index contributed by atoms with van der Waals surface area (Å²) in [5.74, 6) is -2.05. The largest absolute Gasteiger partial charge is 0.355 e. The molecule has 0 saturated carbocycles. The minimum atomic E-state index is -0.974. The molecule has 1 aliphatic carbocycles. The Balaban J connectivity index is 1.48. The number of carbonyl (C=O) groups is 4. The normalized spacial score (nSPS) is 20.0. The molecule has 29 heavy (non-hydrogen) atoms. The van der Waals surface area contributed by atoms with Gasteiger partial charge in [0, 0.05) is 12.1 Å². The number of rotatable bonds is 3. The summed E-state index contributed by atoms with van der Waals surface area (Å²) >= 11 is 0. The fourth-order valence-electron chi connectivity index (χ4n) is 4.10. The Morgan fingerprint density at radius 2 is 1.90 bits per heavy atom. The van der Waals surface area contributed by atoms with E-state index in [0.29, 0.717) is 5.69 Å². The van der Waals surface area contributed by atoms with Crippen LogP contribution in [0.5, 0.6) is 0 Å². The first-order chi connectivity index (χ1) is 14.0. The fraction of sp³-hybridized carbons (Fsp3) is 0.182. The van der Waals surface area contributed by atoms with Crippen molar-refractivity contribution in [2.75, 3.05) is 5.32 Å². The van der Waals surface area contributed by atoms with Crippen LogP contribution in [-0.4, -0.2) is 34.6 Å². The third-order valence-electron chi connectivity index (χ3n) is 5.53. The maximum absolute atomic E-state index is 13.1. The van der Waals surface area contributed by atoms with Crippen LogP contribution >= 0.6 is 0 Å². The number of hydrogen-bond donors (Lipinski definition) is 2. The highest BCUT2D eigenvalue weighted by atomic mass is 16.2. The molecule has 0 radical (unpaired) electrons. The van der Waals surface area contributed by atoms with Crippen molar-refractivity contribution in [1.82, 2.24) is 10.2 Å². The van der Waals surface area contributed by atoms with E-state index in [1.807, 2.05) is 18.2 Å². The molecule has 7 nitrogen and oxygen atoms in total. The number of carbonyl (C=O) groups excluding carboxylic acids is 4. The molecule has 4 amide bonds. The molecule has 0 spiro atoms. The second kappa shape index (κ2) is 6.41. The topological polar surface area (TPSA) is 95.6 Å². The summed E-state index contributed by atoms with van der Waals surface area (Å²) in [5, 5.41) is 5.44. The van der Waals surface area contributed by atoms with Gasteiger partial charge in [0.2, 0.25) is 11.8 Å². The van der Waals surface area contributed by atoms with E-state index in [-0.39, 0.29) is 24.0 Å². The Morgan fingerprint density at radius 3 is 2.72 bits per heavy atom. The second-order valence-electron chi connectivity index (χ2n) is 7.32. The summed E-state index contributed by atoms with van der Waals surface area (Å²) in [6, 6.07) is 10.0. The molecule has 2 aliphatic heterocycles. The molecule has 0 bridgehead atoms. The Hall–Kier alpha value is -3.74. The van der Waals surface area contributed by atoms with E-state index >= 15 is 0 Å². The van der Waals surface area contributed by atoms with Gasteiger partial charge in [0.1, 0.15) is 6.04 Å². The van der Waals surface area contributed by atoms with E-state index in [2.05, 4.69) is 22.8 Å². The lowest BCUT2D eigenvalue weighted by molar-refractivity contribution is -0.136. The van der Waals surface area contributed by atoms with Gasteiger partial charge in [-0.2, -0.15) is 0 Å². The molecule has 2 N–H and O–H groups in total. The third-order valence-corrected chi connectivity index (χ3v) is 5.53. The Bertz CT molecular complexity index is 1130. The van der Waals surface area contributed by atoms with Gasteiger partial charge in [-0.15, -0.1) is 0 Å². The monoisotopic (exact) mass is 387 g/mol. The minimum absolute atomic E-state index is 0.0948. The molecule has 5 rings (SSSR count). The van der Waals surface area contributed by atoms with Crippen molar-refractivity contribution in [2.45, 2.75) is 25.3 Å². The summed E-state index contributed by atoms with van der Waals surface area (Å²) in [4.78, 5) is 50.6. The SMILES string of the molecule is O=C1CCC(N2C(=O)c3cccc(Nc4ccc5c(c4)C=CC5)c3C2=O)C(=O)N1. The molecule has 1 unspecified atom stereocenters. The number of allylic oxidation sites excluding steroid dienone is 1. The number of nitrogens with one attached hydrogen (secondary N) is 2. The predicted octanol–water partition coefficient (Wildman–Crippen LogP) is 2.40. The van der Waals surface area contributed by atoms with Crippen molar-refractivity contribution in [3.8, 4) is 0 Å². The molecule has 2 heterocycles. The number of hydrogen-bond acceptors (Lipinski definition) is 5. The van der Waals surface area contributed by atoms with E-state index in [4.69, 9.17) is 0 Å². The zero-order valence-electron chi connectivity index (χ0n) is 15.4. The molecule has 1 fully saturated rings. The van der Waals surface area contributed by atoms with Gasteiger partial charge in [-0.1, -0.05) is 24.3 Å². The number of amides is 4. The van der Waals surface area contributed by atoms with Crippen LogP contribution in [0.25, 0.3) is 6.08 Å². The van der Waals surface area contributed by atoms with Gasteiger partial charge in [0.05, 0.1) is 16.8 Å². The van der Waals surface area contributed by atoms with Crippen molar-refractivity contribution in [3.63, 3.8) is 0 Å². The molecule has 144 valence electrons. The number of nitrogens with zero attached hydrogens (tertiary/aromatic N) is 1. The van der Waals surface area contributed by atoms with Crippen LogP contribution in [0.1, 0.15) is 44.7 Å². The zero-order valence-corrected chi connectivity index (χ0v) is 15.4. The Kier molecular flexibility index (Phi) is 3.84. The van der Waals surface area contributed by atoms with Gasteiger partial charge in [-0.25, -0.2) is 0 Å². The highest BCUT2D eigenvalue weighted by Gasteiger charge is 2.45. The lowest BCUT2D eigenvalue weighted by atomic mass is 10.0. The van der Waals surface area contributed by atoms with Crippen molar-refractivity contribution in [3.05, 3.63) is 64.7 Å². The van der Waals surface area contributed by atoms with E-state index < -0.39 is 29.7 Å². The van der Waals surface area contributed by atoms with Gasteiger partial charge in [-0.05, 0) is 48.2 Å². The smallest absolute Gasteiger partial charge is 0.264 e. The maximum atomic E-state index is 13.1. The number of anilines is 2. The van der Waals surface area contributed by atoms with E-state index in [1.165, 1.54) is 5.56 Å². The van der Waals surface area contributed by atoms with Gasteiger partial charge < -0.3 is 5.32 Å². The number of benzene rings is 2. The number of imide groups is 2. The lowest BCUT2D eigenvalue weighted by Gasteiger charge is -2.27. The molecule has 0 aromatic heterocycles. The van der Waals surface area contributed by atoms with Crippen LogP contribution in [0.4, 0.5) is 11.4 Å². The Labute approximate surface area is 166 Å². The van der Waals surface area contributed by atoms with E-state index in [1.54, 1.807) is 18.2 Å². The second-order valence-corrected chi connectivity index (χ2v) is 7.32. The van der Waals surface area contributed by atoms with Crippen LogP contribution in [0.2, 0.25) is 0 Å². The summed E-state index contributed by atoms with van der Waals surface area (Å²) in [6.07, 6.45) is 5.28. The summed E-state index contributed by atoms with van der Waals surface area (Å²) < 4.78 is 0. The molecule has 2 aromatic rings. The van der Waals surface area contributed by atoms with Gasteiger partial charge in [-0.3, -0.25) is 29.4 Å². The van der Waals surface area contributed by atoms with Gasteiger partial charge in [0.15, 0.2) is 0 Å². The zero-order chi connectivity index (χ0) is 20.1. The fourth-order valence-corrected chi connectivity index (χ4v) is 4.10. The molecular weight excluding hydrogens is 370 g/mol. The summed E-state index contributed by atoms with van der Waals surface area (Å²) in [5.41, 5.74) is 4.18. The first kappa shape index (κ1) is 17.4. The lowest BCUT2D eigenvalue weighted by Crippen LogP contribution is -2.54. The standard InChI is InChI=1S/C22H17N3O4/c26-18-10-9-17(20(27)24-18)25-21(28)15-5-2-6-16(19(15)22(25)29)23-14-8-7-12-3-1-4-13(12)11-14/h1-2,4-8,11,17,23H,3,9-10H2,(H,24,26,27). The van der Waals surface area contributed by atoms with Crippen molar-refractivity contribution in [2.24, 2.45) is 0 Å². The van der Waals surface area contributed by atoms with Crippen molar-refractivity contribution in [1.29, 1.82) is 0 Å². The number of fused-ring (bicyclic) bond motifs is 2. The van der Waals surface area contributed by atoms with E-state index in [9.17, 15) is 19.2 Å². The average molecular weight is 387 g/mol. The molecule has 7 heteroatoms. The molecule has 3 aliphatic rings. The first-order valence-corrected chi connectivity index (χ1v) is 9.44. The predicted molar refractivity (Wildman–Crippen MR) is 106 cm³/mol. The molecule has 1 atom stereocenters. The van der Waals surface area contributed by atoms with Crippen LogP contribution in [0.3, 0.4) is 0 Å². The number of piperidine rings is 1. The Morgan fingerprint density at radius 1 is 1.03 bits per heavy atom. The quantitative estimate of drug-likeness (QED) is 0.789. The van der Waals surface area contributed by atoms with Gasteiger partial charge in [0.25, 0.3) is 11.8 Å². The van der Waals surface area contributed by atoms with Gasteiger partial charge >= 0.3 is 0 Å². The van der Waals surface area contributed by atoms with Crippen molar-refractivity contribution < 1.29 is 19.2 Å². The highest BCUT2D eigenvalue weighted by Crippen LogP contribution is 2.34. The van der Waals surface area contributed by atoms with E-state index in [0.717, 1.165) is 22.6 Å². The van der Waals surface area contributed by atoms with Crippen molar-refractivity contribution >= 4 is 41.1 Å². The minimum Gasteiger partial charge on any atom is -0.355 e. The average Bonchev–Trinajstić information content (AvgIpc) is 3.26. The highest BCUT2D eigenvalue weighted by molar-refractivity contribution is 6.25. The van der Waals surface area contributed by atoms with Crippen LogP contribution in [0.15, 0.2) is 42.5 Å². The summed E-state index contributed by atoms with van der Waals surface area (Å²) in [6.45, 7) is 0. The maximum Gasteiger partial charge on any atom is 0.264 e. The van der Waals surface area contributed by atoms with Crippen LogP contribution in [0, 0.1) is 0 Å². The molecular formula is C22H17N3O4. The summed E-state index contributed by atoms with van der Waals surface area (Å²) in [7, 11) is 0. The molecule has 2 aromatic carbocycles. The molecule has 1 saturated heterocycles. The van der Waals surface area contributed by atoms with Crippen LogP contribution < -0.4 is 10.6 Å². The first-order valence-electron chi connectivity index (χ1n) is 9.44.